The van der Waals surface area contributed by atoms with Crippen LogP contribution in [0.3, 0.4) is 0 Å². The highest BCUT2D eigenvalue weighted by Crippen LogP contribution is 2.44. The Morgan fingerprint density at radius 2 is 0.923 bits per heavy atom. The van der Waals surface area contributed by atoms with E-state index in [1.165, 1.54) is 53.9 Å². The predicted molar refractivity (Wildman–Crippen MR) is 112 cm³/mol. The van der Waals surface area contributed by atoms with E-state index < -0.39 is 0 Å². The average Bonchev–Trinajstić information content (AvgIpc) is 2.72. The predicted octanol–water partition coefficient (Wildman–Crippen LogP) is 6.90. The van der Waals surface area contributed by atoms with Crippen LogP contribution in [-0.2, 0) is 0 Å². The van der Waals surface area contributed by atoms with Crippen LogP contribution < -0.4 is 4.74 Å². The fraction of sp³-hybridized carbons (Fsp3) is 0.0400. The monoisotopic (exact) mass is 332 g/mol. The second kappa shape index (κ2) is 4.86. The van der Waals surface area contributed by atoms with E-state index in [9.17, 15) is 0 Å². The number of rotatable bonds is 1. The van der Waals surface area contributed by atoms with Crippen LogP contribution in [0, 0.1) is 0 Å². The fourth-order valence-corrected chi connectivity index (χ4v) is 4.60. The average molecular weight is 332 g/mol. The van der Waals surface area contributed by atoms with Crippen molar-refractivity contribution in [3.63, 3.8) is 0 Å². The van der Waals surface area contributed by atoms with E-state index in [2.05, 4.69) is 78.9 Å². The van der Waals surface area contributed by atoms with Crippen LogP contribution in [0.15, 0.2) is 78.9 Å². The molecule has 0 N–H and O–H groups in total. The highest BCUT2D eigenvalue weighted by molar-refractivity contribution is 6.39. The molecule has 1 heteroatoms. The Morgan fingerprint density at radius 3 is 1.46 bits per heavy atom. The van der Waals surface area contributed by atoms with Crippen molar-refractivity contribution >= 4 is 53.9 Å². The van der Waals surface area contributed by atoms with Crippen LogP contribution in [-0.4, -0.2) is 7.11 Å². The molecule has 0 heterocycles. The van der Waals surface area contributed by atoms with Crippen molar-refractivity contribution in [1.82, 2.24) is 0 Å². The van der Waals surface area contributed by atoms with Crippen molar-refractivity contribution in [3.8, 4) is 5.75 Å². The van der Waals surface area contributed by atoms with Gasteiger partial charge in [-0.2, -0.15) is 0 Å². The Morgan fingerprint density at radius 1 is 0.462 bits per heavy atom. The molecule has 0 saturated carbocycles. The third-order valence-electron chi connectivity index (χ3n) is 5.69. The van der Waals surface area contributed by atoms with Crippen LogP contribution in [0.25, 0.3) is 53.9 Å². The van der Waals surface area contributed by atoms with Gasteiger partial charge < -0.3 is 4.74 Å². The number of hydrogen-bond acceptors (Lipinski definition) is 1. The smallest absolute Gasteiger partial charge is 0.119 e. The molecule has 122 valence electrons. The van der Waals surface area contributed by atoms with Crippen molar-refractivity contribution in [2.45, 2.75) is 0 Å². The third kappa shape index (κ3) is 1.60. The first-order valence-electron chi connectivity index (χ1n) is 8.92. The van der Waals surface area contributed by atoms with E-state index in [0.29, 0.717) is 0 Å². The lowest BCUT2D eigenvalue weighted by Crippen LogP contribution is -1.90. The molecule has 0 unspecified atom stereocenters. The highest BCUT2D eigenvalue weighted by Gasteiger charge is 2.16. The Hall–Kier alpha value is -3.32. The van der Waals surface area contributed by atoms with E-state index in [1.807, 2.05) is 0 Å². The molecule has 6 aromatic rings. The Bertz CT molecular complexity index is 1460. The molecular formula is C25H16O. The number of benzene rings is 6. The zero-order valence-electron chi connectivity index (χ0n) is 14.4. The van der Waals surface area contributed by atoms with Gasteiger partial charge in [0, 0.05) is 0 Å². The summed E-state index contributed by atoms with van der Waals surface area (Å²) >= 11 is 0. The quantitative estimate of drug-likeness (QED) is 0.235. The molecule has 0 aliphatic heterocycles. The molecule has 6 aromatic carbocycles. The van der Waals surface area contributed by atoms with Gasteiger partial charge in [0.25, 0.3) is 0 Å². The fourth-order valence-electron chi connectivity index (χ4n) is 4.60. The van der Waals surface area contributed by atoms with Crippen LogP contribution in [0.2, 0.25) is 0 Å². The Labute approximate surface area is 150 Å². The minimum absolute atomic E-state index is 0.900. The van der Waals surface area contributed by atoms with Crippen molar-refractivity contribution in [3.05, 3.63) is 78.9 Å². The van der Waals surface area contributed by atoms with E-state index in [1.54, 1.807) is 7.11 Å². The lowest BCUT2D eigenvalue weighted by molar-refractivity contribution is 0.415. The molecule has 0 bridgehead atoms. The largest absolute Gasteiger partial charge is 0.497 e. The van der Waals surface area contributed by atoms with E-state index in [-0.39, 0.29) is 0 Å². The van der Waals surface area contributed by atoms with Gasteiger partial charge in [0.2, 0.25) is 0 Å². The lowest BCUT2D eigenvalue weighted by atomic mass is 9.86. The maximum Gasteiger partial charge on any atom is 0.119 e. The highest BCUT2D eigenvalue weighted by atomic mass is 16.5. The summed E-state index contributed by atoms with van der Waals surface area (Å²) in [5, 5.41) is 13.2. The Kier molecular flexibility index (Phi) is 2.60. The van der Waals surface area contributed by atoms with Crippen LogP contribution in [0.5, 0.6) is 5.75 Å². The van der Waals surface area contributed by atoms with Crippen molar-refractivity contribution < 1.29 is 4.74 Å². The summed E-state index contributed by atoms with van der Waals surface area (Å²) in [7, 11) is 1.73. The standard InChI is InChI=1S/C25H16O/c1-26-15-12-13-18-21-10-4-8-19-16-6-2-3-7-17(16)20-9-5-11-22(23(18)14-15)25(20)24(19)21/h2-14H,1H3. The number of ether oxygens (including phenoxy) is 1. The van der Waals surface area contributed by atoms with Gasteiger partial charge in [-0.25, -0.2) is 0 Å². The molecule has 0 atom stereocenters. The molecule has 6 rings (SSSR count). The number of hydrogen-bond donors (Lipinski definition) is 0. The van der Waals surface area contributed by atoms with Gasteiger partial charge in [0.1, 0.15) is 5.75 Å². The first-order chi connectivity index (χ1) is 12.9. The SMILES string of the molecule is COc1ccc2c(c1)c1cccc3c4ccccc4c4cccc2c4c31. The summed E-state index contributed by atoms with van der Waals surface area (Å²) in [6, 6.07) is 28.5. The summed E-state index contributed by atoms with van der Waals surface area (Å²) in [5.41, 5.74) is 0. The van der Waals surface area contributed by atoms with E-state index >= 15 is 0 Å². The van der Waals surface area contributed by atoms with Crippen molar-refractivity contribution in [2.24, 2.45) is 0 Å². The molecule has 0 fully saturated rings. The van der Waals surface area contributed by atoms with Gasteiger partial charge in [-0.05, 0) is 66.0 Å². The molecule has 0 amide bonds. The summed E-state index contributed by atoms with van der Waals surface area (Å²) in [6.07, 6.45) is 0. The van der Waals surface area contributed by atoms with Crippen LogP contribution in [0.1, 0.15) is 0 Å². The lowest BCUT2D eigenvalue weighted by Gasteiger charge is -2.17. The molecule has 1 nitrogen and oxygen atoms in total. The van der Waals surface area contributed by atoms with Gasteiger partial charge in [-0.15, -0.1) is 0 Å². The minimum atomic E-state index is 0.900. The Balaban J connectivity index is 2.06. The van der Waals surface area contributed by atoms with Gasteiger partial charge in [-0.1, -0.05) is 66.7 Å². The summed E-state index contributed by atoms with van der Waals surface area (Å²) in [4.78, 5) is 0. The van der Waals surface area contributed by atoms with Crippen molar-refractivity contribution in [1.29, 1.82) is 0 Å². The van der Waals surface area contributed by atoms with Gasteiger partial charge in [0.05, 0.1) is 7.11 Å². The maximum absolute atomic E-state index is 5.51. The number of fused-ring (bicyclic) bond motifs is 6. The van der Waals surface area contributed by atoms with Gasteiger partial charge in [0.15, 0.2) is 0 Å². The zero-order chi connectivity index (χ0) is 17.3. The molecule has 0 aliphatic carbocycles. The normalized spacial score (nSPS) is 12.0. The maximum atomic E-state index is 5.51. The van der Waals surface area contributed by atoms with Crippen molar-refractivity contribution in [2.75, 3.05) is 7.11 Å². The zero-order valence-corrected chi connectivity index (χ0v) is 14.4. The molecule has 0 spiro atoms. The van der Waals surface area contributed by atoms with Crippen LogP contribution >= 0.6 is 0 Å². The first-order valence-corrected chi connectivity index (χ1v) is 8.92. The summed E-state index contributed by atoms with van der Waals surface area (Å²) in [6.45, 7) is 0. The van der Waals surface area contributed by atoms with E-state index in [0.717, 1.165) is 5.75 Å². The molecule has 0 saturated heterocycles. The minimum Gasteiger partial charge on any atom is -0.497 e. The summed E-state index contributed by atoms with van der Waals surface area (Å²) in [5.74, 6) is 0.900. The molecule has 0 aliphatic rings. The molecule has 0 radical (unpaired) electrons. The molecular weight excluding hydrogens is 316 g/mol. The molecule has 26 heavy (non-hydrogen) atoms. The first kappa shape index (κ1) is 13.9. The second-order valence-corrected chi connectivity index (χ2v) is 6.91. The topological polar surface area (TPSA) is 9.23 Å². The number of methoxy groups -OCH3 is 1. The van der Waals surface area contributed by atoms with Gasteiger partial charge in [-0.3, -0.25) is 0 Å². The second-order valence-electron chi connectivity index (χ2n) is 6.91. The summed E-state index contributed by atoms with van der Waals surface area (Å²) < 4.78 is 5.51. The molecule has 0 aromatic heterocycles. The third-order valence-corrected chi connectivity index (χ3v) is 5.69. The van der Waals surface area contributed by atoms with Gasteiger partial charge >= 0.3 is 0 Å². The van der Waals surface area contributed by atoms with E-state index in [4.69, 9.17) is 4.74 Å². The van der Waals surface area contributed by atoms with Crippen LogP contribution in [0.4, 0.5) is 0 Å².